The molecule has 0 saturated carbocycles. The quantitative estimate of drug-likeness (QED) is 0.469. The van der Waals surface area contributed by atoms with E-state index in [1.807, 2.05) is 24.3 Å². The minimum absolute atomic E-state index is 0.144. The van der Waals surface area contributed by atoms with Crippen LogP contribution >= 0.6 is 0 Å². The summed E-state index contributed by atoms with van der Waals surface area (Å²) >= 11 is 0. The molecule has 5 nitrogen and oxygen atoms in total. The van der Waals surface area contributed by atoms with Crippen molar-refractivity contribution >= 4 is 0 Å². The lowest BCUT2D eigenvalue weighted by Crippen LogP contribution is -2.41. The topological polar surface area (TPSA) is 52.5 Å². The molecular weight excluding hydrogens is 385 g/mol. The van der Waals surface area contributed by atoms with Crippen molar-refractivity contribution in [3.8, 4) is 22.8 Å². The fourth-order valence-corrected chi connectivity index (χ4v) is 2.48. The first-order valence-electron chi connectivity index (χ1n) is 8.10. The molecular formula is C18H12F5N3O2. The third kappa shape index (κ3) is 3.68. The lowest BCUT2D eigenvalue weighted by molar-refractivity contribution is -0.360. The van der Waals surface area contributed by atoms with Crippen molar-refractivity contribution in [2.24, 2.45) is 0 Å². The SMILES string of the molecule is FC(F)(F)C(F)(F)Oc1ccc(-n2cnc(-c3ccc(C4CO4)cc3)n2)cc1. The molecule has 2 aromatic carbocycles. The molecule has 146 valence electrons. The van der Waals surface area contributed by atoms with Gasteiger partial charge >= 0.3 is 12.3 Å². The third-order valence-electron chi connectivity index (χ3n) is 4.04. The summed E-state index contributed by atoms with van der Waals surface area (Å²) in [5.41, 5.74) is 2.26. The maximum absolute atomic E-state index is 12.9. The van der Waals surface area contributed by atoms with Crippen LogP contribution in [0.25, 0.3) is 17.1 Å². The van der Waals surface area contributed by atoms with Crippen molar-refractivity contribution in [1.29, 1.82) is 0 Å². The third-order valence-corrected chi connectivity index (χ3v) is 4.04. The highest BCUT2D eigenvalue weighted by Gasteiger charge is 2.61. The second-order valence-electron chi connectivity index (χ2n) is 6.07. The fraction of sp³-hybridized carbons (Fsp3) is 0.222. The van der Waals surface area contributed by atoms with E-state index in [0.717, 1.165) is 23.3 Å². The first-order chi connectivity index (χ1) is 13.2. The zero-order valence-corrected chi connectivity index (χ0v) is 14.0. The maximum Gasteiger partial charge on any atom is 0.499 e. The molecule has 1 aliphatic rings. The van der Waals surface area contributed by atoms with Crippen LogP contribution in [-0.4, -0.2) is 33.7 Å². The summed E-state index contributed by atoms with van der Waals surface area (Å²) in [6.07, 6.45) is -9.52. The first kappa shape index (κ1) is 18.4. The lowest BCUT2D eigenvalue weighted by atomic mass is 10.1. The minimum atomic E-state index is -5.80. The Labute approximate surface area is 155 Å². The zero-order chi connectivity index (χ0) is 19.9. The molecule has 10 heteroatoms. The van der Waals surface area contributed by atoms with Gasteiger partial charge in [-0.15, -0.1) is 5.10 Å². The van der Waals surface area contributed by atoms with Crippen molar-refractivity contribution < 1.29 is 31.4 Å². The second-order valence-corrected chi connectivity index (χ2v) is 6.07. The molecule has 1 saturated heterocycles. The number of hydrogen-bond acceptors (Lipinski definition) is 4. The van der Waals surface area contributed by atoms with Gasteiger partial charge in [-0.2, -0.15) is 22.0 Å². The molecule has 1 fully saturated rings. The summed E-state index contributed by atoms with van der Waals surface area (Å²) in [5.74, 6) is -0.184. The van der Waals surface area contributed by atoms with Crippen LogP contribution in [0.2, 0.25) is 0 Å². The molecule has 1 aromatic heterocycles. The molecule has 3 aromatic rings. The number of halogens is 5. The van der Waals surface area contributed by atoms with E-state index >= 15 is 0 Å². The summed E-state index contributed by atoms with van der Waals surface area (Å²) in [5, 5.41) is 4.29. The highest BCUT2D eigenvalue weighted by atomic mass is 19.4. The number of ether oxygens (including phenoxy) is 2. The zero-order valence-electron chi connectivity index (χ0n) is 14.0. The minimum Gasteiger partial charge on any atom is -0.426 e. The van der Waals surface area contributed by atoms with E-state index in [1.165, 1.54) is 23.1 Å². The van der Waals surface area contributed by atoms with Crippen molar-refractivity contribution in [2.45, 2.75) is 18.4 Å². The maximum atomic E-state index is 12.9. The standard InChI is InChI=1S/C18H12F5N3O2/c19-17(20,21)18(22,23)28-14-7-5-13(6-8-14)26-10-24-16(25-26)12-3-1-11(2-4-12)15-9-27-15/h1-8,10,15H,9H2. The van der Waals surface area contributed by atoms with Gasteiger partial charge in [0, 0.05) is 5.56 Å². The van der Waals surface area contributed by atoms with Gasteiger partial charge in [0.2, 0.25) is 0 Å². The van der Waals surface area contributed by atoms with Gasteiger partial charge in [0.25, 0.3) is 0 Å². The highest BCUT2D eigenvalue weighted by Crippen LogP contribution is 2.37. The summed E-state index contributed by atoms with van der Waals surface area (Å²) in [4.78, 5) is 4.19. The van der Waals surface area contributed by atoms with Gasteiger partial charge in [0.15, 0.2) is 5.82 Å². The van der Waals surface area contributed by atoms with E-state index in [-0.39, 0.29) is 6.10 Å². The number of nitrogens with zero attached hydrogens (tertiary/aromatic N) is 3. The Morgan fingerprint density at radius 1 is 0.964 bits per heavy atom. The molecule has 2 heterocycles. The van der Waals surface area contributed by atoms with Gasteiger partial charge < -0.3 is 9.47 Å². The van der Waals surface area contributed by atoms with Crippen LogP contribution in [0.3, 0.4) is 0 Å². The molecule has 1 unspecified atom stereocenters. The van der Waals surface area contributed by atoms with Crippen LogP contribution in [0.4, 0.5) is 22.0 Å². The number of rotatable bonds is 5. The Morgan fingerprint density at radius 3 is 2.18 bits per heavy atom. The van der Waals surface area contributed by atoms with Crippen LogP contribution in [0.15, 0.2) is 54.9 Å². The van der Waals surface area contributed by atoms with E-state index in [2.05, 4.69) is 14.8 Å². The number of aromatic nitrogens is 3. The fourth-order valence-electron chi connectivity index (χ4n) is 2.48. The van der Waals surface area contributed by atoms with Crippen molar-refractivity contribution in [3.63, 3.8) is 0 Å². The van der Waals surface area contributed by atoms with Gasteiger partial charge in [0.1, 0.15) is 18.2 Å². The molecule has 0 spiro atoms. The van der Waals surface area contributed by atoms with Crippen LogP contribution < -0.4 is 4.74 Å². The Balaban J connectivity index is 1.49. The van der Waals surface area contributed by atoms with Gasteiger partial charge in [-0.1, -0.05) is 24.3 Å². The van der Waals surface area contributed by atoms with E-state index in [0.29, 0.717) is 18.1 Å². The Kier molecular flexibility index (Phi) is 4.30. The predicted molar refractivity (Wildman–Crippen MR) is 87.1 cm³/mol. The largest absolute Gasteiger partial charge is 0.499 e. The van der Waals surface area contributed by atoms with E-state index < -0.39 is 18.0 Å². The highest BCUT2D eigenvalue weighted by molar-refractivity contribution is 5.55. The second kappa shape index (κ2) is 6.55. The summed E-state index contributed by atoms with van der Waals surface area (Å²) < 4.78 is 72.8. The smallest absolute Gasteiger partial charge is 0.426 e. The lowest BCUT2D eigenvalue weighted by Gasteiger charge is -2.20. The predicted octanol–water partition coefficient (Wildman–Crippen LogP) is 4.54. The normalized spacial score (nSPS) is 16.8. The van der Waals surface area contributed by atoms with Gasteiger partial charge in [-0.25, -0.2) is 9.67 Å². The van der Waals surface area contributed by atoms with Crippen molar-refractivity contribution in [1.82, 2.24) is 14.8 Å². The molecule has 0 aliphatic carbocycles. The van der Waals surface area contributed by atoms with Crippen molar-refractivity contribution in [2.75, 3.05) is 6.61 Å². The summed E-state index contributed by atoms with van der Waals surface area (Å²) in [7, 11) is 0. The number of benzene rings is 2. The van der Waals surface area contributed by atoms with E-state index in [9.17, 15) is 22.0 Å². The average molecular weight is 397 g/mol. The van der Waals surface area contributed by atoms with Crippen LogP contribution in [0, 0.1) is 0 Å². The number of alkyl halides is 5. The molecule has 1 atom stereocenters. The monoisotopic (exact) mass is 397 g/mol. The van der Waals surface area contributed by atoms with Crippen LogP contribution in [0.1, 0.15) is 11.7 Å². The van der Waals surface area contributed by atoms with Crippen LogP contribution in [0.5, 0.6) is 5.75 Å². The molecule has 28 heavy (non-hydrogen) atoms. The van der Waals surface area contributed by atoms with E-state index in [1.54, 1.807) is 0 Å². The molecule has 1 aliphatic heterocycles. The van der Waals surface area contributed by atoms with Gasteiger partial charge in [-0.3, -0.25) is 0 Å². The molecule has 0 bridgehead atoms. The Morgan fingerprint density at radius 2 is 1.61 bits per heavy atom. The van der Waals surface area contributed by atoms with Crippen LogP contribution in [-0.2, 0) is 4.74 Å². The number of hydrogen-bond donors (Lipinski definition) is 0. The Bertz CT molecular complexity index is 964. The van der Waals surface area contributed by atoms with E-state index in [4.69, 9.17) is 4.74 Å². The van der Waals surface area contributed by atoms with Gasteiger partial charge in [0.05, 0.1) is 12.3 Å². The summed E-state index contributed by atoms with van der Waals surface area (Å²) in [6.45, 7) is 0.709. The molecule has 0 radical (unpaired) electrons. The molecule has 0 N–H and O–H groups in total. The molecule has 4 rings (SSSR count). The average Bonchev–Trinajstić information content (AvgIpc) is 3.38. The number of epoxide rings is 1. The Hall–Kier alpha value is -3.01. The first-order valence-corrected chi connectivity index (χ1v) is 8.10. The van der Waals surface area contributed by atoms with Gasteiger partial charge in [-0.05, 0) is 29.8 Å². The molecule has 0 amide bonds. The summed E-state index contributed by atoms with van der Waals surface area (Å²) in [6, 6.07) is 12.1. The van der Waals surface area contributed by atoms with Crippen molar-refractivity contribution in [3.05, 3.63) is 60.4 Å².